The molecule has 10 heavy (non-hydrogen) atoms. The normalized spacial score (nSPS) is 9.10. The van der Waals surface area contributed by atoms with Gasteiger partial charge in [0.2, 0.25) is 0 Å². The summed E-state index contributed by atoms with van der Waals surface area (Å²) < 4.78 is 2.60. The molecule has 0 saturated heterocycles. The van der Waals surface area contributed by atoms with Crippen LogP contribution in [-0.4, -0.2) is 4.37 Å². The standard InChI is InChI=1S/C7H7NOS/c1-2-3-4-6-5-7(9)8-10-6/h1,5H,3-4H2,(H,8,9). The Bertz CT molecular complexity index is 291. The lowest BCUT2D eigenvalue weighted by Crippen LogP contribution is -1.92. The molecule has 0 fully saturated rings. The number of H-pyrrole nitrogens is 1. The van der Waals surface area contributed by atoms with Crippen molar-refractivity contribution in [2.45, 2.75) is 12.8 Å². The fraction of sp³-hybridized carbons (Fsp3) is 0.286. The SMILES string of the molecule is C#CCCc1cc(=O)[nH]s1. The van der Waals surface area contributed by atoms with E-state index in [9.17, 15) is 4.79 Å². The van der Waals surface area contributed by atoms with Gasteiger partial charge in [0.25, 0.3) is 5.56 Å². The molecule has 52 valence electrons. The highest BCUT2D eigenvalue weighted by Gasteiger charge is 1.93. The van der Waals surface area contributed by atoms with Gasteiger partial charge in [0.15, 0.2) is 0 Å². The monoisotopic (exact) mass is 153 g/mol. The molecule has 1 aromatic heterocycles. The van der Waals surface area contributed by atoms with Crippen molar-refractivity contribution in [2.24, 2.45) is 0 Å². The minimum Gasteiger partial charge on any atom is -0.278 e. The molecule has 1 rings (SSSR count). The van der Waals surface area contributed by atoms with Gasteiger partial charge in [0.1, 0.15) is 0 Å². The Morgan fingerprint density at radius 2 is 2.60 bits per heavy atom. The third-order valence-electron chi connectivity index (χ3n) is 1.09. The summed E-state index contributed by atoms with van der Waals surface area (Å²) in [5, 5.41) is 0. The number of terminal acetylenes is 1. The van der Waals surface area contributed by atoms with Gasteiger partial charge in [-0.2, -0.15) is 0 Å². The molecular formula is C7H7NOS. The second-order valence-corrected chi connectivity index (χ2v) is 2.82. The molecule has 0 aliphatic rings. The Morgan fingerprint density at radius 1 is 1.80 bits per heavy atom. The van der Waals surface area contributed by atoms with Crippen molar-refractivity contribution in [1.82, 2.24) is 4.37 Å². The van der Waals surface area contributed by atoms with E-state index in [4.69, 9.17) is 6.42 Å². The van der Waals surface area contributed by atoms with Crippen molar-refractivity contribution in [3.8, 4) is 12.3 Å². The second kappa shape index (κ2) is 3.23. The maximum Gasteiger partial charge on any atom is 0.258 e. The van der Waals surface area contributed by atoms with Crippen LogP contribution in [0.5, 0.6) is 0 Å². The molecule has 3 heteroatoms. The van der Waals surface area contributed by atoms with Gasteiger partial charge >= 0.3 is 0 Å². The molecule has 2 nitrogen and oxygen atoms in total. The highest BCUT2D eigenvalue weighted by atomic mass is 32.1. The van der Waals surface area contributed by atoms with E-state index in [0.29, 0.717) is 6.42 Å². The van der Waals surface area contributed by atoms with Crippen molar-refractivity contribution in [3.63, 3.8) is 0 Å². The van der Waals surface area contributed by atoms with E-state index in [1.54, 1.807) is 6.07 Å². The summed E-state index contributed by atoms with van der Waals surface area (Å²) in [4.78, 5) is 11.6. The van der Waals surface area contributed by atoms with Gasteiger partial charge in [-0.05, 0) is 6.42 Å². The summed E-state index contributed by atoms with van der Waals surface area (Å²) in [5.41, 5.74) is -0.0305. The van der Waals surface area contributed by atoms with Gasteiger partial charge in [0, 0.05) is 17.4 Å². The summed E-state index contributed by atoms with van der Waals surface area (Å²) in [6, 6.07) is 1.59. The maximum absolute atomic E-state index is 10.6. The lowest BCUT2D eigenvalue weighted by molar-refractivity contribution is 1.06. The molecule has 0 aliphatic carbocycles. The third-order valence-corrected chi connectivity index (χ3v) is 1.98. The van der Waals surface area contributed by atoms with Crippen LogP contribution in [0, 0.1) is 12.3 Å². The fourth-order valence-electron chi connectivity index (χ4n) is 0.640. The van der Waals surface area contributed by atoms with E-state index in [-0.39, 0.29) is 5.56 Å². The van der Waals surface area contributed by atoms with Gasteiger partial charge in [-0.25, -0.2) is 0 Å². The molecule has 0 spiro atoms. The Hall–Kier alpha value is -1.01. The van der Waals surface area contributed by atoms with Gasteiger partial charge in [-0.1, -0.05) is 11.5 Å². The lowest BCUT2D eigenvalue weighted by Gasteiger charge is -1.84. The molecule has 0 unspecified atom stereocenters. The highest BCUT2D eigenvalue weighted by Crippen LogP contribution is 2.03. The summed E-state index contributed by atoms with van der Waals surface area (Å²) in [6.45, 7) is 0. The predicted octanol–water partition coefficient (Wildman–Crippen LogP) is 1.00. The summed E-state index contributed by atoms with van der Waals surface area (Å²) in [7, 11) is 0. The van der Waals surface area contributed by atoms with Crippen molar-refractivity contribution < 1.29 is 0 Å². The number of hydrogen-bond acceptors (Lipinski definition) is 2. The molecule has 0 radical (unpaired) electrons. The predicted molar refractivity (Wildman–Crippen MR) is 42.1 cm³/mol. The number of aromatic nitrogens is 1. The average molecular weight is 153 g/mol. The number of aromatic amines is 1. The van der Waals surface area contributed by atoms with Crippen LogP contribution in [0.25, 0.3) is 0 Å². The summed E-state index contributed by atoms with van der Waals surface area (Å²) >= 11 is 1.36. The Balaban J connectivity index is 2.61. The molecule has 1 aromatic rings. The Labute approximate surface area is 63.1 Å². The molecular weight excluding hydrogens is 146 g/mol. The largest absolute Gasteiger partial charge is 0.278 e. The first-order valence-electron chi connectivity index (χ1n) is 2.94. The van der Waals surface area contributed by atoms with E-state index in [1.807, 2.05) is 0 Å². The molecule has 1 heterocycles. The third kappa shape index (κ3) is 1.74. The van der Waals surface area contributed by atoms with E-state index in [0.717, 1.165) is 11.3 Å². The maximum atomic E-state index is 10.6. The average Bonchev–Trinajstić information content (AvgIpc) is 2.31. The number of nitrogens with one attached hydrogen (secondary N) is 1. The van der Waals surface area contributed by atoms with Crippen LogP contribution in [0.4, 0.5) is 0 Å². The zero-order chi connectivity index (χ0) is 7.40. The van der Waals surface area contributed by atoms with Gasteiger partial charge in [0.05, 0.1) is 0 Å². The fourth-order valence-corrected chi connectivity index (χ4v) is 1.30. The van der Waals surface area contributed by atoms with Gasteiger partial charge in [-0.3, -0.25) is 9.17 Å². The van der Waals surface area contributed by atoms with E-state index < -0.39 is 0 Å². The Morgan fingerprint density at radius 3 is 3.10 bits per heavy atom. The number of rotatable bonds is 2. The van der Waals surface area contributed by atoms with Crippen molar-refractivity contribution in [2.75, 3.05) is 0 Å². The van der Waals surface area contributed by atoms with Gasteiger partial charge in [-0.15, -0.1) is 12.3 Å². The molecule has 0 aromatic carbocycles. The highest BCUT2D eigenvalue weighted by molar-refractivity contribution is 7.05. The summed E-state index contributed by atoms with van der Waals surface area (Å²) in [6.07, 6.45) is 6.56. The smallest absolute Gasteiger partial charge is 0.258 e. The van der Waals surface area contributed by atoms with Crippen molar-refractivity contribution in [3.05, 3.63) is 21.3 Å². The van der Waals surface area contributed by atoms with Crippen LogP contribution >= 0.6 is 11.5 Å². The zero-order valence-electron chi connectivity index (χ0n) is 5.39. The lowest BCUT2D eigenvalue weighted by atomic mass is 10.3. The quantitative estimate of drug-likeness (QED) is 0.632. The molecule has 0 saturated carbocycles. The van der Waals surface area contributed by atoms with E-state index >= 15 is 0 Å². The Kier molecular flexibility index (Phi) is 2.30. The molecule has 1 N–H and O–H groups in total. The van der Waals surface area contributed by atoms with E-state index in [1.165, 1.54) is 11.5 Å². The van der Waals surface area contributed by atoms with Crippen LogP contribution in [0.1, 0.15) is 11.3 Å². The minimum atomic E-state index is -0.0305. The van der Waals surface area contributed by atoms with Gasteiger partial charge < -0.3 is 0 Å². The van der Waals surface area contributed by atoms with E-state index in [2.05, 4.69) is 10.3 Å². The molecule has 0 aliphatic heterocycles. The molecule has 0 amide bonds. The van der Waals surface area contributed by atoms with Crippen molar-refractivity contribution >= 4 is 11.5 Å². The number of aryl methyl sites for hydroxylation is 1. The van der Waals surface area contributed by atoms with Crippen LogP contribution in [0.3, 0.4) is 0 Å². The topological polar surface area (TPSA) is 32.9 Å². The number of hydrogen-bond donors (Lipinski definition) is 1. The summed E-state index contributed by atoms with van der Waals surface area (Å²) in [5.74, 6) is 2.52. The molecule has 0 atom stereocenters. The molecule has 0 bridgehead atoms. The first-order chi connectivity index (χ1) is 4.83. The van der Waals surface area contributed by atoms with Crippen LogP contribution in [0.2, 0.25) is 0 Å². The minimum absolute atomic E-state index is 0.0305. The van der Waals surface area contributed by atoms with Crippen LogP contribution in [0.15, 0.2) is 10.9 Å². The second-order valence-electron chi connectivity index (χ2n) is 1.88. The first kappa shape index (κ1) is 7.10. The van der Waals surface area contributed by atoms with Crippen LogP contribution in [-0.2, 0) is 6.42 Å². The zero-order valence-corrected chi connectivity index (χ0v) is 6.20. The van der Waals surface area contributed by atoms with Crippen molar-refractivity contribution in [1.29, 1.82) is 0 Å². The first-order valence-corrected chi connectivity index (χ1v) is 3.75. The van der Waals surface area contributed by atoms with Crippen LogP contribution < -0.4 is 5.56 Å².